The lowest BCUT2D eigenvalue weighted by Gasteiger charge is -2.15. The van der Waals surface area contributed by atoms with Gasteiger partial charge in [-0.15, -0.1) is 5.10 Å². The first-order valence-electron chi connectivity index (χ1n) is 5.98. The third-order valence-electron chi connectivity index (χ3n) is 2.18. The highest BCUT2D eigenvalue weighted by Gasteiger charge is 2.23. The smallest absolute Gasteiger partial charge is 0.313 e. The van der Waals surface area contributed by atoms with Gasteiger partial charge in [0.2, 0.25) is 0 Å². The van der Waals surface area contributed by atoms with Crippen LogP contribution in [0.15, 0.2) is 6.20 Å². The second-order valence-electron chi connectivity index (χ2n) is 5.34. The van der Waals surface area contributed by atoms with Crippen LogP contribution in [0.5, 0.6) is 0 Å². The summed E-state index contributed by atoms with van der Waals surface area (Å²) < 4.78 is 32.6. The lowest BCUT2D eigenvalue weighted by molar-refractivity contribution is -0.157. The van der Waals surface area contributed by atoms with Gasteiger partial charge in [0.1, 0.15) is 0 Å². The SMILES string of the molecule is CC(C)(C)C(=O)OCn1cc(CCOS(C)(=O)=O)nn1. The molecule has 0 saturated carbocycles. The van der Waals surface area contributed by atoms with E-state index in [0.717, 1.165) is 6.26 Å². The van der Waals surface area contributed by atoms with Gasteiger partial charge >= 0.3 is 5.97 Å². The average Bonchev–Trinajstić information content (AvgIpc) is 2.70. The highest BCUT2D eigenvalue weighted by atomic mass is 32.2. The highest BCUT2D eigenvalue weighted by Crippen LogP contribution is 2.15. The Bertz CT molecular complexity index is 559. The van der Waals surface area contributed by atoms with Gasteiger partial charge in [-0.1, -0.05) is 5.21 Å². The maximum Gasteiger partial charge on any atom is 0.313 e. The molecule has 0 fully saturated rings. The van der Waals surface area contributed by atoms with Crippen molar-refractivity contribution in [1.29, 1.82) is 0 Å². The Balaban J connectivity index is 2.42. The maximum absolute atomic E-state index is 11.6. The Morgan fingerprint density at radius 3 is 2.60 bits per heavy atom. The highest BCUT2D eigenvalue weighted by molar-refractivity contribution is 7.85. The van der Waals surface area contributed by atoms with E-state index in [2.05, 4.69) is 14.5 Å². The Labute approximate surface area is 118 Å². The van der Waals surface area contributed by atoms with Gasteiger partial charge in [-0.05, 0) is 20.8 Å². The van der Waals surface area contributed by atoms with E-state index in [1.807, 2.05) is 0 Å². The van der Waals surface area contributed by atoms with Crippen LogP contribution in [0.3, 0.4) is 0 Å². The summed E-state index contributed by atoms with van der Waals surface area (Å²) in [5.41, 5.74) is -0.0207. The molecule has 20 heavy (non-hydrogen) atoms. The van der Waals surface area contributed by atoms with Crippen molar-refractivity contribution in [3.8, 4) is 0 Å². The Hall–Kier alpha value is -1.48. The molecule has 0 aromatic carbocycles. The second-order valence-corrected chi connectivity index (χ2v) is 6.98. The third-order valence-corrected chi connectivity index (χ3v) is 2.78. The van der Waals surface area contributed by atoms with Crippen LogP contribution < -0.4 is 0 Å². The topological polar surface area (TPSA) is 100 Å². The molecule has 0 atom stereocenters. The number of hydrogen-bond donors (Lipinski definition) is 0. The van der Waals surface area contributed by atoms with E-state index in [4.69, 9.17) is 4.74 Å². The Morgan fingerprint density at radius 1 is 1.40 bits per heavy atom. The summed E-state index contributed by atoms with van der Waals surface area (Å²) in [6.45, 7) is 5.23. The Morgan fingerprint density at radius 2 is 2.05 bits per heavy atom. The standard InChI is InChI=1S/C11H19N3O5S/c1-11(2,3)10(15)18-8-14-7-9(12-13-14)5-6-19-20(4,16)17/h7H,5-6,8H2,1-4H3. The van der Waals surface area contributed by atoms with Gasteiger partial charge in [-0.2, -0.15) is 8.42 Å². The van der Waals surface area contributed by atoms with Crippen molar-refractivity contribution >= 4 is 16.1 Å². The van der Waals surface area contributed by atoms with Crippen molar-refractivity contribution < 1.29 is 22.1 Å². The van der Waals surface area contributed by atoms with Crippen molar-refractivity contribution in [2.45, 2.75) is 33.9 Å². The van der Waals surface area contributed by atoms with Crippen molar-refractivity contribution in [3.05, 3.63) is 11.9 Å². The fourth-order valence-corrected chi connectivity index (χ4v) is 1.54. The second kappa shape index (κ2) is 6.31. The molecule has 1 rings (SSSR count). The average molecular weight is 305 g/mol. The zero-order valence-electron chi connectivity index (χ0n) is 12.0. The molecule has 0 saturated heterocycles. The lowest BCUT2D eigenvalue weighted by atomic mass is 9.98. The predicted molar refractivity (Wildman–Crippen MR) is 70.1 cm³/mol. The van der Waals surface area contributed by atoms with Crippen LogP contribution in [-0.2, 0) is 37.0 Å². The zero-order chi connectivity index (χ0) is 15.4. The maximum atomic E-state index is 11.6. The minimum absolute atomic E-state index is 0.000689. The summed E-state index contributed by atoms with van der Waals surface area (Å²) >= 11 is 0. The van der Waals surface area contributed by atoms with Crippen LogP contribution in [0.2, 0.25) is 0 Å². The summed E-state index contributed by atoms with van der Waals surface area (Å²) in [4.78, 5) is 11.6. The van der Waals surface area contributed by atoms with Gasteiger partial charge in [-0.3, -0.25) is 8.98 Å². The number of carbonyl (C=O) groups is 1. The molecular formula is C11H19N3O5S. The lowest BCUT2D eigenvalue weighted by Crippen LogP contribution is -2.24. The van der Waals surface area contributed by atoms with Gasteiger partial charge in [0.15, 0.2) is 6.73 Å². The number of aromatic nitrogens is 3. The van der Waals surface area contributed by atoms with E-state index >= 15 is 0 Å². The molecule has 9 heteroatoms. The van der Waals surface area contributed by atoms with E-state index in [1.165, 1.54) is 4.68 Å². The number of esters is 1. The van der Waals surface area contributed by atoms with Crippen molar-refractivity contribution in [2.75, 3.05) is 12.9 Å². The minimum Gasteiger partial charge on any atom is -0.442 e. The normalized spacial score (nSPS) is 12.4. The molecule has 1 aromatic heterocycles. The van der Waals surface area contributed by atoms with Crippen molar-refractivity contribution in [3.63, 3.8) is 0 Å². The molecule has 8 nitrogen and oxygen atoms in total. The molecule has 0 aliphatic carbocycles. The van der Waals surface area contributed by atoms with Gasteiger partial charge < -0.3 is 4.74 Å². The van der Waals surface area contributed by atoms with Gasteiger partial charge in [0, 0.05) is 6.42 Å². The molecule has 0 unspecified atom stereocenters. The van der Waals surface area contributed by atoms with E-state index in [1.54, 1.807) is 27.0 Å². The number of hydrogen-bond acceptors (Lipinski definition) is 7. The number of nitrogens with zero attached hydrogens (tertiary/aromatic N) is 3. The Kier molecular flexibility index (Phi) is 5.23. The van der Waals surface area contributed by atoms with Crippen LogP contribution in [-0.4, -0.2) is 42.2 Å². The van der Waals surface area contributed by atoms with Gasteiger partial charge in [0.05, 0.1) is 30.2 Å². The molecule has 1 aromatic rings. The quantitative estimate of drug-likeness (QED) is 0.552. The fourth-order valence-electron chi connectivity index (χ4n) is 1.16. The minimum atomic E-state index is -3.45. The predicted octanol–water partition coefficient (Wildman–Crippen LogP) is 0.344. The summed E-state index contributed by atoms with van der Waals surface area (Å²) in [7, 11) is -3.45. The van der Waals surface area contributed by atoms with Crippen LogP contribution >= 0.6 is 0 Å². The zero-order valence-corrected chi connectivity index (χ0v) is 12.8. The van der Waals surface area contributed by atoms with Gasteiger partial charge in [0.25, 0.3) is 10.1 Å². The molecule has 1 heterocycles. The number of carbonyl (C=O) groups excluding carboxylic acids is 1. The molecule has 0 radical (unpaired) electrons. The van der Waals surface area contributed by atoms with E-state index in [0.29, 0.717) is 12.1 Å². The van der Waals surface area contributed by atoms with E-state index in [-0.39, 0.29) is 19.3 Å². The summed E-state index contributed by atoms with van der Waals surface area (Å²) in [5.74, 6) is -0.338. The third kappa shape index (κ3) is 6.11. The molecule has 0 spiro atoms. The van der Waals surface area contributed by atoms with Crippen LogP contribution in [0.1, 0.15) is 26.5 Å². The molecule has 0 aliphatic rings. The molecule has 0 bridgehead atoms. The van der Waals surface area contributed by atoms with Crippen LogP contribution in [0, 0.1) is 5.41 Å². The fraction of sp³-hybridized carbons (Fsp3) is 0.727. The van der Waals surface area contributed by atoms with Gasteiger partial charge in [-0.25, -0.2) is 4.68 Å². The number of ether oxygens (including phenoxy) is 1. The first-order valence-corrected chi connectivity index (χ1v) is 7.80. The summed E-state index contributed by atoms with van der Waals surface area (Å²) in [5, 5.41) is 7.59. The molecule has 114 valence electrons. The number of rotatable bonds is 6. The summed E-state index contributed by atoms with van der Waals surface area (Å²) in [6.07, 6.45) is 2.86. The summed E-state index contributed by atoms with van der Waals surface area (Å²) in [6, 6.07) is 0. The monoisotopic (exact) mass is 305 g/mol. The first-order chi connectivity index (χ1) is 9.08. The van der Waals surface area contributed by atoms with Crippen molar-refractivity contribution in [1.82, 2.24) is 15.0 Å². The van der Waals surface area contributed by atoms with Crippen LogP contribution in [0.25, 0.3) is 0 Å². The first kappa shape index (κ1) is 16.6. The largest absolute Gasteiger partial charge is 0.442 e. The molecule has 0 amide bonds. The van der Waals surface area contributed by atoms with E-state index < -0.39 is 15.5 Å². The van der Waals surface area contributed by atoms with E-state index in [9.17, 15) is 13.2 Å². The molecular weight excluding hydrogens is 286 g/mol. The molecule has 0 N–H and O–H groups in total. The van der Waals surface area contributed by atoms with Crippen LogP contribution in [0.4, 0.5) is 0 Å². The van der Waals surface area contributed by atoms with Crippen molar-refractivity contribution in [2.24, 2.45) is 5.41 Å². The molecule has 0 aliphatic heterocycles.